The van der Waals surface area contributed by atoms with E-state index < -0.39 is 0 Å². The van der Waals surface area contributed by atoms with E-state index in [9.17, 15) is 0 Å². The Bertz CT molecular complexity index is 543. The van der Waals surface area contributed by atoms with E-state index in [1.54, 1.807) is 13.3 Å². The number of rotatable bonds is 6. The van der Waals surface area contributed by atoms with E-state index in [2.05, 4.69) is 35.3 Å². The van der Waals surface area contributed by atoms with Gasteiger partial charge in [0, 0.05) is 18.9 Å². The molecule has 0 aliphatic heterocycles. The van der Waals surface area contributed by atoms with E-state index in [4.69, 9.17) is 4.74 Å². The molecule has 1 unspecified atom stereocenters. The van der Waals surface area contributed by atoms with Crippen molar-refractivity contribution in [3.8, 4) is 5.75 Å². The Morgan fingerprint density at radius 3 is 2.70 bits per heavy atom. The molecule has 0 aliphatic carbocycles. The Morgan fingerprint density at radius 2 is 2.10 bits per heavy atom. The lowest BCUT2D eigenvalue weighted by Gasteiger charge is -2.20. The van der Waals surface area contributed by atoms with Crippen LogP contribution < -0.4 is 10.1 Å². The zero-order chi connectivity index (χ0) is 14.5. The van der Waals surface area contributed by atoms with Gasteiger partial charge in [0.25, 0.3) is 0 Å². The van der Waals surface area contributed by atoms with Crippen molar-refractivity contribution in [2.45, 2.75) is 33.4 Å². The van der Waals surface area contributed by atoms with Crippen molar-refractivity contribution in [2.24, 2.45) is 0 Å². The summed E-state index contributed by atoms with van der Waals surface area (Å²) in [5, 5.41) is 7.88. The Labute approximate surface area is 120 Å². The van der Waals surface area contributed by atoms with Gasteiger partial charge in [0.05, 0.1) is 19.3 Å². The maximum atomic E-state index is 5.46. The fourth-order valence-electron chi connectivity index (χ4n) is 2.39. The molecule has 2 rings (SSSR count). The zero-order valence-corrected chi connectivity index (χ0v) is 12.6. The van der Waals surface area contributed by atoms with Crippen molar-refractivity contribution in [2.75, 3.05) is 13.7 Å². The molecule has 2 heterocycles. The summed E-state index contributed by atoms with van der Waals surface area (Å²) < 4.78 is 7.43. The highest BCUT2D eigenvalue weighted by atomic mass is 16.5. The minimum Gasteiger partial charge on any atom is -0.493 e. The van der Waals surface area contributed by atoms with E-state index in [1.807, 2.05) is 24.0 Å². The Balaban J connectivity index is 2.50. The number of nitrogens with one attached hydrogen (secondary N) is 1. The molecule has 2 aromatic heterocycles. The Hall–Kier alpha value is -1.88. The molecule has 0 aromatic carbocycles. The number of ether oxygens (including phenoxy) is 1. The topological polar surface area (TPSA) is 52.0 Å². The summed E-state index contributed by atoms with van der Waals surface area (Å²) in [4.78, 5) is 4.30. The minimum atomic E-state index is 0.0322. The van der Waals surface area contributed by atoms with Crippen LogP contribution in [-0.4, -0.2) is 28.4 Å². The first kappa shape index (κ1) is 14.5. The molecule has 0 amide bonds. The minimum absolute atomic E-state index is 0.0322. The number of hydrogen-bond donors (Lipinski definition) is 1. The number of aromatic nitrogens is 3. The summed E-state index contributed by atoms with van der Waals surface area (Å²) in [7, 11) is 1.68. The summed E-state index contributed by atoms with van der Waals surface area (Å²) in [6, 6.07) is 2.18. The average molecular weight is 274 g/mol. The summed E-state index contributed by atoms with van der Waals surface area (Å²) in [5.41, 5.74) is 3.32. The molecule has 0 saturated heterocycles. The first-order valence-corrected chi connectivity index (χ1v) is 6.95. The predicted octanol–water partition coefficient (Wildman–Crippen LogP) is 2.31. The summed E-state index contributed by atoms with van der Waals surface area (Å²) in [5.74, 6) is 0.805. The SMILES string of the molecule is CCNC(c1cncc(C)c1)c1c(OC)cnn1CC. The number of methoxy groups -OCH3 is 1. The normalized spacial score (nSPS) is 12.4. The van der Waals surface area contributed by atoms with Gasteiger partial charge in [-0.05, 0) is 31.5 Å². The highest BCUT2D eigenvalue weighted by Gasteiger charge is 2.22. The van der Waals surface area contributed by atoms with Gasteiger partial charge in [0.15, 0.2) is 5.75 Å². The highest BCUT2D eigenvalue weighted by Crippen LogP contribution is 2.30. The summed E-state index contributed by atoms with van der Waals surface area (Å²) >= 11 is 0. The lowest BCUT2D eigenvalue weighted by Crippen LogP contribution is -2.25. The van der Waals surface area contributed by atoms with Gasteiger partial charge in [-0.1, -0.05) is 13.0 Å². The molecule has 2 aromatic rings. The van der Waals surface area contributed by atoms with Crippen molar-refractivity contribution >= 4 is 0 Å². The Kier molecular flexibility index (Phi) is 4.74. The number of nitrogens with zero attached hydrogens (tertiary/aromatic N) is 3. The van der Waals surface area contributed by atoms with Crippen LogP contribution >= 0.6 is 0 Å². The second-order valence-electron chi connectivity index (χ2n) is 4.70. The average Bonchev–Trinajstić information content (AvgIpc) is 2.87. The molecular formula is C15H22N4O. The third-order valence-corrected chi connectivity index (χ3v) is 3.28. The first-order valence-electron chi connectivity index (χ1n) is 6.95. The van der Waals surface area contributed by atoms with Crippen LogP contribution in [0.15, 0.2) is 24.7 Å². The monoisotopic (exact) mass is 274 g/mol. The van der Waals surface area contributed by atoms with Gasteiger partial charge in [-0.3, -0.25) is 9.67 Å². The quantitative estimate of drug-likeness (QED) is 0.878. The standard InChI is InChI=1S/C15H22N4O/c1-5-17-14(12-7-11(3)8-16-9-12)15-13(20-4)10-18-19(15)6-2/h7-10,14,17H,5-6H2,1-4H3. The van der Waals surface area contributed by atoms with Crippen LogP contribution in [0.2, 0.25) is 0 Å². The summed E-state index contributed by atoms with van der Waals surface area (Å²) in [6.07, 6.45) is 5.53. The van der Waals surface area contributed by atoms with E-state index in [-0.39, 0.29) is 6.04 Å². The number of hydrogen-bond acceptors (Lipinski definition) is 4. The third-order valence-electron chi connectivity index (χ3n) is 3.28. The van der Waals surface area contributed by atoms with Gasteiger partial charge in [-0.2, -0.15) is 5.10 Å². The molecule has 0 bridgehead atoms. The highest BCUT2D eigenvalue weighted by molar-refractivity contribution is 5.36. The zero-order valence-electron chi connectivity index (χ0n) is 12.6. The van der Waals surface area contributed by atoms with Crippen LogP contribution in [0.3, 0.4) is 0 Å². The molecule has 0 spiro atoms. The van der Waals surface area contributed by atoms with E-state index in [0.29, 0.717) is 0 Å². The molecule has 1 atom stereocenters. The van der Waals surface area contributed by atoms with Gasteiger partial charge in [-0.15, -0.1) is 0 Å². The van der Waals surface area contributed by atoms with Gasteiger partial charge in [-0.25, -0.2) is 0 Å². The van der Waals surface area contributed by atoms with Crippen molar-refractivity contribution in [3.63, 3.8) is 0 Å². The predicted molar refractivity (Wildman–Crippen MR) is 78.9 cm³/mol. The maximum absolute atomic E-state index is 5.46. The van der Waals surface area contributed by atoms with Gasteiger partial charge in [0.2, 0.25) is 0 Å². The van der Waals surface area contributed by atoms with Crippen molar-refractivity contribution in [1.82, 2.24) is 20.1 Å². The fourth-order valence-corrected chi connectivity index (χ4v) is 2.39. The van der Waals surface area contributed by atoms with Crippen LogP contribution in [-0.2, 0) is 6.54 Å². The number of aryl methyl sites for hydroxylation is 2. The van der Waals surface area contributed by atoms with Gasteiger partial charge < -0.3 is 10.1 Å². The van der Waals surface area contributed by atoms with Crippen LogP contribution in [0.4, 0.5) is 0 Å². The second kappa shape index (κ2) is 6.52. The van der Waals surface area contributed by atoms with E-state index in [1.165, 1.54) is 0 Å². The van der Waals surface area contributed by atoms with Crippen LogP contribution in [0.5, 0.6) is 5.75 Å². The first-order chi connectivity index (χ1) is 9.71. The maximum Gasteiger partial charge on any atom is 0.161 e. The lowest BCUT2D eigenvalue weighted by atomic mass is 10.0. The lowest BCUT2D eigenvalue weighted by molar-refractivity contribution is 0.399. The molecule has 0 saturated carbocycles. The molecule has 5 nitrogen and oxygen atoms in total. The molecule has 0 aliphatic rings. The smallest absolute Gasteiger partial charge is 0.161 e. The molecule has 1 N–H and O–H groups in total. The van der Waals surface area contributed by atoms with E-state index in [0.717, 1.165) is 35.7 Å². The molecule has 0 radical (unpaired) electrons. The fraction of sp³-hybridized carbons (Fsp3) is 0.467. The van der Waals surface area contributed by atoms with Crippen molar-refractivity contribution in [1.29, 1.82) is 0 Å². The van der Waals surface area contributed by atoms with Crippen molar-refractivity contribution in [3.05, 3.63) is 41.5 Å². The largest absolute Gasteiger partial charge is 0.493 e. The van der Waals surface area contributed by atoms with Crippen LogP contribution in [0.25, 0.3) is 0 Å². The summed E-state index contributed by atoms with van der Waals surface area (Å²) in [6.45, 7) is 7.88. The Morgan fingerprint density at radius 1 is 1.30 bits per heavy atom. The van der Waals surface area contributed by atoms with Gasteiger partial charge >= 0.3 is 0 Å². The molecular weight excluding hydrogens is 252 g/mol. The second-order valence-corrected chi connectivity index (χ2v) is 4.70. The van der Waals surface area contributed by atoms with Crippen LogP contribution in [0, 0.1) is 6.92 Å². The molecule has 20 heavy (non-hydrogen) atoms. The molecule has 108 valence electrons. The molecule has 5 heteroatoms. The molecule has 0 fully saturated rings. The van der Waals surface area contributed by atoms with Gasteiger partial charge in [0.1, 0.15) is 5.69 Å². The third kappa shape index (κ3) is 2.82. The van der Waals surface area contributed by atoms with Crippen molar-refractivity contribution < 1.29 is 4.74 Å². The number of pyridine rings is 1. The van der Waals surface area contributed by atoms with Crippen LogP contribution in [0.1, 0.15) is 36.7 Å². The van der Waals surface area contributed by atoms with E-state index >= 15 is 0 Å².